The Labute approximate surface area is 231 Å². The topological polar surface area (TPSA) is 74.7 Å². The minimum atomic E-state index is -0.378. The summed E-state index contributed by atoms with van der Waals surface area (Å²) >= 11 is 1.53. The number of ether oxygens (including phenoxy) is 2. The van der Waals surface area contributed by atoms with Crippen molar-refractivity contribution in [3.05, 3.63) is 87.9 Å². The molecule has 5 rings (SSSR count). The van der Waals surface area contributed by atoms with Crippen molar-refractivity contribution in [3.63, 3.8) is 0 Å². The Morgan fingerprint density at radius 2 is 1.87 bits per heavy atom. The number of morpholine rings is 1. The lowest BCUT2D eigenvalue weighted by Crippen LogP contribution is -2.46. The summed E-state index contributed by atoms with van der Waals surface area (Å²) in [5, 5.41) is 7.97. The van der Waals surface area contributed by atoms with E-state index >= 15 is 0 Å². The predicted octanol–water partition coefficient (Wildman–Crippen LogP) is 4.05. The number of rotatable bonds is 9. The monoisotopic (exact) mass is 550 g/mol. The number of amides is 2. The van der Waals surface area contributed by atoms with Gasteiger partial charge in [0.1, 0.15) is 18.1 Å². The normalized spacial score (nSPS) is 17.6. The maximum Gasteiger partial charge on any atom is 0.262 e. The molecule has 1 aromatic heterocycles. The summed E-state index contributed by atoms with van der Waals surface area (Å²) in [4.78, 5) is 32.1. The number of thiophene rings is 1. The van der Waals surface area contributed by atoms with Crippen LogP contribution in [0.25, 0.3) is 0 Å². The third-order valence-corrected chi connectivity index (χ3v) is 7.94. The van der Waals surface area contributed by atoms with Crippen LogP contribution in [0.3, 0.4) is 0 Å². The quantitative estimate of drug-likeness (QED) is 0.402. The van der Waals surface area contributed by atoms with Crippen LogP contribution in [0.5, 0.6) is 5.75 Å². The Balaban J connectivity index is 1.39. The molecule has 3 heterocycles. The smallest absolute Gasteiger partial charge is 0.262 e. The SMILES string of the molecule is COc1ccc(C(=O)N(CCN2CCOCC2)CC(=O)N2N=C(c3ccccc3F)C[C@H]2c2cccs2)cc1. The van der Waals surface area contributed by atoms with Crippen molar-refractivity contribution in [2.75, 3.05) is 53.0 Å². The van der Waals surface area contributed by atoms with Gasteiger partial charge in [-0.15, -0.1) is 11.3 Å². The van der Waals surface area contributed by atoms with Crippen LogP contribution in [0.4, 0.5) is 4.39 Å². The molecule has 0 unspecified atom stereocenters. The van der Waals surface area contributed by atoms with Gasteiger partial charge in [0, 0.05) is 48.6 Å². The largest absolute Gasteiger partial charge is 0.497 e. The van der Waals surface area contributed by atoms with E-state index in [1.807, 2.05) is 17.5 Å². The standard InChI is InChI=1S/C29H31FN4O4S/c1-37-22-10-8-21(9-11-22)29(36)33(13-12-32-14-16-38-17-15-32)20-28(35)34-26(27-7-4-18-39-27)19-25(31-34)23-5-2-3-6-24(23)30/h2-11,18,26H,12-17,19-20H2,1H3/t26-/m0/s1. The molecule has 0 N–H and O–H groups in total. The second-order valence-electron chi connectivity index (χ2n) is 9.41. The molecular formula is C29H31FN4O4S. The molecule has 39 heavy (non-hydrogen) atoms. The van der Waals surface area contributed by atoms with Crippen LogP contribution in [-0.4, -0.2) is 85.4 Å². The zero-order valence-electron chi connectivity index (χ0n) is 21.8. The first kappa shape index (κ1) is 27.0. The zero-order chi connectivity index (χ0) is 27.2. The summed E-state index contributed by atoms with van der Waals surface area (Å²) in [6.07, 6.45) is 0.396. The fraction of sp³-hybridized carbons (Fsp3) is 0.345. The van der Waals surface area contributed by atoms with Gasteiger partial charge in [-0.05, 0) is 41.8 Å². The number of benzene rings is 2. The number of hydrazone groups is 1. The minimum Gasteiger partial charge on any atom is -0.497 e. The molecule has 0 aliphatic carbocycles. The maximum absolute atomic E-state index is 14.6. The van der Waals surface area contributed by atoms with E-state index in [1.54, 1.807) is 54.5 Å². The first-order chi connectivity index (χ1) is 19.0. The van der Waals surface area contributed by atoms with Gasteiger partial charge < -0.3 is 14.4 Å². The number of hydrogen-bond acceptors (Lipinski definition) is 7. The molecule has 0 bridgehead atoms. The van der Waals surface area contributed by atoms with Crippen molar-refractivity contribution in [2.24, 2.45) is 5.10 Å². The van der Waals surface area contributed by atoms with Crippen molar-refractivity contribution < 1.29 is 23.5 Å². The van der Waals surface area contributed by atoms with Crippen LogP contribution in [-0.2, 0) is 9.53 Å². The van der Waals surface area contributed by atoms with E-state index in [1.165, 1.54) is 22.4 Å². The lowest BCUT2D eigenvalue weighted by Gasteiger charge is -2.31. The fourth-order valence-electron chi connectivity index (χ4n) is 4.79. The van der Waals surface area contributed by atoms with Crippen LogP contribution >= 0.6 is 11.3 Å². The summed E-state index contributed by atoms with van der Waals surface area (Å²) < 4.78 is 25.3. The molecule has 2 aliphatic rings. The molecule has 2 aromatic carbocycles. The molecule has 10 heteroatoms. The molecular weight excluding hydrogens is 519 g/mol. The average molecular weight is 551 g/mol. The third-order valence-electron chi connectivity index (χ3n) is 6.96. The van der Waals surface area contributed by atoms with E-state index in [0.717, 1.165) is 18.0 Å². The molecule has 204 valence electrons. The molecule has 1 atom stereocenters. The van der Waals surface area contributed by atoms with Crippen LogP contribution in [0.1, 0.15) is 33.3 Å². The fourth-order valence-corrected chi connectivity index (χ4v) is 5.60. The van der Waals surface area contributed by atoms with Gasteiger partial charge >= 0.3 is 0 Å². The molecule has 1 fully saturated rings. The number of halogens is 1. The number of carbonyl (C=O) groups excluding carboxylic acids is 2. The van der Waals surface area contributed by atoms with Gasteiger partial charge in [-0.25, -0.2) is 9.40 Å². The second-order valence-corrected chi connectivity index (χ2v) is 10.4. The maximum atomic E-state index is 14.6. The molecule has 8 nitrogen and oxygen atoms in total. The number of hydrogen-bond donors (Lipinski definition) is 0. The highest BCUT2D eigenvalue weighted by atomic mass is 32.1. The molecule has 2 amide bonds. The molecule has 0 radical (unpaired) electrons. The second kappa shape index (κ2) is 12.5. The Kier molecular flexibility index (Phi) is 8.65. The van der Waals surface area contributed by atoms with E-state index in [2.05, 4.69) is 10.0 Å². The summed E-state index contributed by atoms with van der Waals surface area (Å²) in [7, 11) is 1.57. The highest BCUT2D eigenvalue weighted by Gasteiger charge is 2.35. The van der Waals surface area contributed by atoms with Gasteiger partial charge in [0.05, 0.1) is 32.1 Å². The van der Waals surface area contributed by atoms with Crippen molar-refractivity contribution in [3.8, 4) is 5.75 Å². The first-order valence-electron chi connectivity index (χ1n) is 12.9. The third kappa shape index (κ3) is 6.35. The average Bonchev–Trinajstić information content (AvgIpc) is 3.66. The summed E-state index contributed by atoms with van der Waals surface area (Å²) in [6.45, 7) is 3.70. The van der Waals surface area contributed by atoms with Crippen molar-refractivity contribution in [1.82, 2.24) is 14.8 Å². The molecule has 1 saturated heterocycles. The van der Waals surface area contributed by atoms with Crippen LogP contribution in [0.15, 0.2) is 71.1 Å². The summed E-state index contributed by atoms with van der Waals surface area (Å²) in [5.41, 5.74) is 1.37. The Bertz CT molecular complexity index is 1310. The molecule has 0 spiro atoms. The van der Waals surface area contributed by atoms with Gasteiger partial charge in [0.25, 0.3) is 11.8 Å². The van der Waals surface area contributed by atoms with Crippen LogP contribution < -0.4 is 4.74 Å². The lowest BCUT2D eigenvalue weighted by atomic mass is 10.0. The van der Waals surface area contributed by atoms with E-state index in [-0.39, 0.29) is 30.2 Å². The summed E-state index contributed by atoms with van der Waals surface area (Å²) in [5.74, 6) is -0.293. The predicted molar refractivity (Wildman–Crippen MR) is 148 cm³/mol. The van der Waals surface area contributed by atoms with Crippen molar-refractivity contribution in [1.29, 1.82) is 0 Å². The molecule has 3 aromatic rings. The molecule has 2 aliphatic heterocycles. The van der Waals surface area contributed by atoms with Crippen LogP contribution in [0, 0.1) is 5.82 Å². The number of methoxy groups -OCH3 is 1. The van der Waals surface area contributed by atoms with Gasteiger partial charge in [0.15, 0.2) is 0 Å². The van der Waals surface area contributed by atoms with Gasteiger partial charge in [-0.3, -0.25) is 14.5 Å². The lowest BCUT2D eigenvalue weighted by molar-refractivity contribution is -0.133. The zero-order valence-corrected chi connectivity index (χ0v) is 22.6. The Morgan fingerprint density at radius 1 is 1.10 bits per heavy atom. The van der Waals surface area contributed by atoms with E-state index < -0.39 is 0 Å². The van der Waals surface area contributed by atoms with E-state index in [4.69, 9.17) is 9.47 Å². The molecule has 0 saturated carbocycles. The first-order valence-corrected chi connectivity index (χ1v) is 13.8. The highest BCUT2D eigenvalue weighted by molar-refractivity contribution is 7.10. The Hall–Kier alpha value is -3.60. The van der Waals surface area contributed by atoms with E-state index in [9.17, 15) is 14.0 Å². The van der Waals surface area contributed by atoms with Crippen molar-refractivity contribution >= 4 is 28.9 Å². The van der Waals surface area contributed by atoms with Crippen LogP contribution in [0.2, 0.25) is 0 Å². The minimum absolute atomic E-state index is 0.148. The van der Waals surface area contributed by atoms with E-state index in [0.29, 0.717) is 55.3 Å². The highest BCUT2D eigenvalue weighted by Crippen LogP contribution is 2.35. The summed E-state index contributed by atoms with van der Waals surface area (Å²) in [6, 6.07) is 16.8. The van der Waals surface area contributed by atoms with Gasteiger partial charge in [-0.1, -0.05) is 24.3 Å². The van der Waals surface area contributed by atoms with Crippen molar-refractivity contribution in [2.45, 2.75) is 12.5 Å². The Morgan fingerprint density at radius 3 is 2.56 bits per heavy atom. The van der Waals surface area contributed by atoms with Gasteiger partial charge in [0.2, 0.25) is 0 Å². The number of nitrogens with zero attached hydrogens (tertiary/aromatic N) is 4. The number of carbonyl (C=O) groups is 2. The van der Waals surface area contributed by atoms with Gasteiger partial charge in [-0.2, -0.15) is 5.10 Å².